The number of hydrogen-bond acceptors (Lipinski definition) is 2. The summed E-state index contributed by atoms with van der Waals surface area (Å²) in [5.74, 6) is 0.136. The highest BCUT2D eigenvalue weighted by atomic mass is 16.2. The van der Waals surface area contributed by atoms with Gasteiger partial charge in [-0.1, -0.05) is 24.6 Å². The molecule has 2 aliphatic carbocycles. The first kappa shape index (κ1) is 17.5. The van der Waals surface area contributed by atoms with E-state index < -0.39 is 0 Å². The predicted octanol–water partition coefficient (Wildman–Crippen LogP) is 4.24. The van der Waals surface area contributed by atoms with E-state index in [4.69, 9.17) is 0 Å². The van der Waals surface area contributed by atoms with Gasteiger partial charge in [0.05, 0.1) is 18.2 Å². The first-order chi connectivity index (χ1) is 13.7. The van der Waals surface area contributed by atoms with Crippen molar-refractivity contribution in [2.45, 2.75) is 63.8 Å². The number of rotatable bonds is 3. The van der Waals surface area contributed by atoms with Gasteiger partial charge >= 0.3 is 0 Å². The number of para-hydroxylation sites is 1. The van der Waals surface area contributed by atoms with Crippen LogP contribution in [0.15, 0.2) is 24.3 Å². The smallest absolute Gasteiger partial charge is 0.231 e. The van der Waals surface area contributed by atoms with Crippen LogP contribution in [0, 0.1) is 0 Å². The SMILES string of the molecule is CN(Cc1n[nH]c2c1CCCCC2)C(=O)C1CCCc2c1[nH]c1ccccc21. The summed E-state index contributed by atoms with van der Waals surface area (Å²) in [7, 11) is 1.93. The van der Waals surface area contributed by atoms with Gasteiger partial charge in [-0.25, -0.2) is 0 Å². The molecule has 0 saturated carbocycles. The zero-order valence-corrected chi connectivity index (χ0v) is 16.6. The van der Waals surface area contributed by atoms with Crippen LogP contribution >= 0.6 is 0 Å². The molecule has 2 aliphatic rings. The third-order valence-corrected chi connectivity index (χ3v) is 6.57. The summed E-state index contributed by atoms with van der Waals surface area (Å²) in [4.78, 5) is 18.8. The molecule has 0 radical (unpaired) electrons. The lowest BCUT2D eigenvalue weighted by Gasteiger charge is -2.27. The van der Waals surface area contributed by atoms with E-state index in [0.29, 0.717) is 6.54 Å². The molecular weight excluding hydrogens is 348 g/mol. The van der Waals surface area contributed by atoms with E-state index in [0.717, 1.165) is 49.0 Å². The molecule has 1 aromatic carbocycles. The quantitative estimate of drug-likeness (QED) is 0.672. The molecule has 2 N–H and O–H groups in total. The van der Waals surface area contributed by atoms with Gasteiger partial charge in [-0.15, -0.1) is 0 Å². The van der Waals surface area contributed by atoms with Crippen molar-refractivity contribution in [2.24, 2.45) is 0 Å². The third kappa shape index (κ3) is 2.93. The van der Waals surface area contributed by atoms with Crippen LogP contribution in [-0.4, -0.2) is 33.0 Å². The van der Waals surface area contributed by atoms with Crippen LogP contribution in [0.25, 0.3) is 10.9 Å². The molecule has 146 valence electrons. The lowest BCUT2D eigenvalue weighted by atomic mass is 9.86. The summed E-state index contributed by atoms with van der Waals surface area (Å²) in [5.41, 5.74) is 7.30. The van der Waals surface area contributed by atoms with Crippen molar-refractivity contribution in [3.8, 4) is 0 Å². The molecule has 0 saturated heterocycles. The zero-order chi connectivity index (χ0) is 19.1. The van der Waals surface area contributed by atoms with Crippen molar-refractivity contribution in [2.75, 3.05) is 7.05 Å². The lowest BCUT2D eigenvalue weighted by molar-refractivity contribution is -0.132. The van der Waals surface area contributed by atoms with Crippen LogP contribution in [0.3, 0.4) is 0 Å². The second-order valence-corrected chi connectivity index (χ2v) is 8.39. The molecule has 28 heavy (non-hydrogen) atoms. The maximum absolute atomic E-state index is 13.4. The van der Waals surface area contributed by atoms with E-state index in [1.165, 1.54) is 41.5 Å². The molecular formula is C23H28N4O. The van der Waals surface area contributed by atoms with Gasteiger partial charge in [-0.05, 0) is 62.1 Å². The minimum absolute atomic E-state index is 0.0707. The molecule has 3 aromatic rings. The number of aromatic nitrogens is 3. The molecule has 1 unspecified atom stereocenters. The topological polar surface area (TPSA) is 64.8 Å². The van der Waals surface area contributed by atoms with Crippen LogP contribution in [-0.2, 0) is 30.6 Å². The Balaban J connectivity index is 1.39. The van der Waals surface area contributed by atoms with Crippen LogP contribution in [0.5, 0.6) is 0 Å². The Morgan fingerprint density at radius 3 is 2.86 bits per heavy atom. The number of carbonyl (C=O) groups excluding carboxylic acids is 1. The van der Waals surface area contributed by atoms with Crippen LogP contribution < -0.4 is 0 Å². The average Bonchev–Trinajstić information content (AvgIpc) is 3.19. The largest absolute Gasteiger partial charge is 0.357 e. The zero-order valence-electron chi connectivity index (χ0n) is 16.6. The Morgan fingerprint density at radius 1 is 1.11 bits per heavy atom. The Labute approximate surface area is 165 Å². The fourth-order valence-electron chi connectivity index (χ4n) is 5.09. The number of aromatic amines is 2. The molecule has 0 spiro atoms. The van der Waals surface area contributed by atoms with Crippen molar-refractivity contribution in [3.05, 3.63) is 52.5 Å². The number of amides is 1. The van der Waals surface area contributed by atoms with Crippen LogP contribution in [0.2, 0.25) is 0 Å². The van der Waals surface area contributed by atoms with Gasteiger partial charge < -0.3 is 9.88 Å². The molecule has 2 heterocycles. The van der Waals surface area contributed by atoms with Gasteiger partial charge in [-0.2, -0.15) is 5.10 Å². The standard InChI is InChI=1S/C23H28N4O/c1-27(14-21-17-9-3-2-4-13-20(17)25-26-21)23(28)18-11-7-10-16-15-8-5-6-12-19(15)24-22(16)18/h5-6,8,12,18,24H,2-4,7,9-11,13-14H2,1H3,(H,25,26). The summed E-state index contributed by atoms with van der Waals surface area (Å²) in [5, 5.41) is 9.06. The molecule has 1 amide bonds. The van der Waals surface area contributed by atoms with Crippen molar-refractivity contribution < 1.29 is 4.79 Å². The number of nitrogens with one attached hydrogen (secondary N) is 2. The number of benzene rings is 1. The van der Waals surface area contributed by atoms with E-state index in [1.54, 1.807) is 0 Å². The normalized spacial score (nSPS) is 19.1. The predicted molar refractivity (Wildman–Crippen MR) is 110 cm³/mol. The van der Waals surface area contributed by atoms with E-state index >= 15 is 0 Å². The molecule has 5 rings (SSSR count). The third-order valence-electron chi connectivity index (χ3n) is 6.57. The van der Waals surface area contributed by atoms with E-state index in [1.807, 2.05) is 11.9 Å². The van der Waals surface area contributed by atoms with Gasteiger partial charge in [0.15, 0.2) is 0 Å². The first-order valence-corrected chi connectivity index (χ1v) is 10.6. The van der Waals surface area contributed by atoms with Crippen molar-refractivity contribution in [3.63, 3.8) is 0 Å². The number of H-pyrrole nitrogens is 2. The Bertz CT molecular complexity index is 1010. The maximum atomic E-state index is 13.4. The second-order valence-electron chi connectivity index (χ2n) is 8.39. The molecule has 0 aliphatic heterocycles. The number of aryl methyl sites for hydroxylation is 2. The summed E-state index contributed by atoms with van der Waals surface area (Å²) >= 11 is 0. The second kappa shape index (κ2) is 7.12. The van der Waals surface area contributed by atoms with E-state index in [2.05, 4.69) is 39.4 Å². The fourth-order valence-corrected chi connectivity index (χ4v) is 5.09. The van der Waals surface area contributed by atoms with E-state index in [-0.39, 0.29) is 11.8 Å². The van der Waals surface area contributed by atoms with Gasteiger partial charge in [0.1, 0.15) is 0 Å². The van der Waals surface area contributed by atoms with Gasteiger partial charge in [-0.3, -0.25) is 9.89 Å². The first-order valence-electron chi connectivity index (χ1n) is 10.6. The molecule has 5 heteroatoms. The average molecular weight is 377 g/mol. The minimum Gasteiger partial charge on any atom is -0.357 e. The van der Waals surface area contributed by atoms with Gasteiger partial charge in [0.2, 0.25) is 5.91 Å². The highest BCUT2D eigenvalue weighted by molar-refractivity contribution is 5.90. The summed E-state index contributed by atoms with van der Waals surface area (Å²) in [6.45, 7) is 0.594. The Morgan fingerprint density at radius 2 is 1.93 bits per heavy atom. The summed E-state index contributed by atoms with van der Waals surface area (Å²) in [6, 6.07) is 8.41. The van der Waals surface area contributed by atoms with Crippen molar-refractivity contribution in [1.82, 2.24) is 20.1 Å². The molecule has 1 atom stereocenters. The number of carbonyl (C=O) groups is 1. The van der Waals surface area contributed by atoms with E-state index in [9.17, 15) is 4.79 Å². The molecule has 0 bridgehead atoms. The number of nitrogens with zero attached hydrogens (tertiary/aromatic N) is 2. The minimum atomic E-state index is -0.0707. The van der Waals surface area contributed by atoms with Gasteiger partial charge in [0.25, 0.3) is 0 Å². The molecule has 2 aromatic heterocycles. The fraction of sp³-hybridized carbons (Fsp3) is 0.478. The van der Waals surface area contributed by atoms with Crippen molar-refractivity contribution >= 4 is 16.8 Å². The highest BCUT2D eigenvalue weighted by Gasteiger charge is 2.32. The summed E-state index contributed by atoms with van der Waals surface area (Å²) in [6.07, 6.45) is 8.94. The number of hydrogen-bond donors (Lipinski definition) is 2. The Hall–Kier alpha value is -2.56. The van der Waals surface area contributed by atoms with Crippen molar-refractivity contribution in [1.29, 1.82) is 0 Å². The van der Waals surface area contributed by atoms with Crippen LogP contribution in [0.4, 0.5) is 0 Å². The highest BCUT2D eigenvalue weighted by Crippen LogP contribution is 2.37. The summed E-state index contributed by atoms with van der Waals surface area (Å²) < 4.78 is 0. The Kier molecular flexibility index (Phi) is 4.46. The lowest BCUT2D eigenvalue weighted by Crippen LogP contribution is -2.33. The molecule has 0 fully saturated rings. The number of likely N-dealkylation sites (N-methyl/N-ethyl adjacent to an activating group) is 1. The van der Waals surface area contributed by atoms with Gasteiger partial charge in [0, 0.05) is 29.3 Å². The number of fused-ring (bicyclic) bond motifs is 4. The molecule has 5 nitrogen and oxygen atoms in total. The monoisotopic (exact) mass is 376 g/mol. The maximum Gasteiger partial charge on any atom is 0.231 e. The van der Waals surface area contributed by atoms with Crippen LogP contribution in [0.1, 0.15) is 66.2 Å².